The van der Waals surface area contributed by atoms with Gasteiger partial charge in [0.15, 0.2) is 5.65 Å². The number of rotatable bonds is 4. The molecule has 1 N–H and O–H groups in total. The maximum atomic E-state index is 13.1. The average Bonchev–Trinajstić information content (AvgIpc) is 3.55. The van der Waals surface area contributed by atoms with E-state index in [0.717, 1.165) is 16.8 Å². The van der Waals surface area contributed by atoms with Crippen LogP contribution in [-0.4, -0.2) is 42.0 Å². The lowest BCUT2D eigenvalue weighted by atomic mass is 10.1. The summed E-state index contributed by atoms with van der Waals surface area (Å²) in [4.78, 5) is 29.5. The lowest BCUT2D eigenvalue weighted by Gasteiger charge is -2.18. The molecule has 3 aromatic heterocycles. The van der Waals surface area contributed by atoms with Crippen molar-refractivity contribution >= 4 is 23.3 Å². The first-order valence-corrected chi connectivity index (χ1v) is 12.1. The van der Waals surface area contributed by atoms with E-state index in [1.807, 2.05) is 0 Å². The molecule has 5 rings (SSSR count). The molecule has 40 heavy (non-hydrogen) atoms. The number of fused-ring (bicyclic) bond motifs is 1. The summed E-state index contributed by atoms with van der Waals surface area (Å²) in [5, 5.41) is 11.2. The van der Waals surface area contributed by atoms with Crippen molar-refractivity contribution in [2.45, 2.75) is 32.5 Å². The zero-order valence-corrected chi connectivity index (χ0v) is 21.6. The number of aromatic nitrogens is 5. The number of halogens is 3. The molecule has 1 amide bonds. The summed E-state index contributed by atoms with van der Waals surface area (Å²) in [5.74, 6) is -0.675. The number of amides is 1. The molecular formula is C28H23F3N6O3. The van der Waals surface area contributed by atoms with Crippen LogP contribution in [0.2, 0.25) is 0 Å². The second kappa shape index (κ2) is 9.95. The van der Waals surface area contributed by atoms with Gasteiger partial charge < -0.3 is 10.1 Å². The third kappa shape index (κ3) is 5.55. The van der Waals surface area contributed by atoms with Crippen LogP contribution in [-0.2, 0) is 10.9 Å². The number of nitrogens with one attached hydrogen (secondary N) is 1. The molecule has 0 atom stereocenters. The van der Waals surface area contributed by atoms with Gasteiger partial charge in [0.25, 0.3) is 5.91 Å². The lowest BCUT2D eigenvalue weighted by molar-refractivity contribution is -0.137. The van der Waals surface area contributed by atoms with Gasteiger partial charge in [-0.15, -0.1) is 0 Å². The molecule has 12 heteroatoms. The topological polar surface area (TPSA) is 103 Å². The Morgan fingerprint density at radius 2 is 1.70 bits per heavy atom. The van der Waals surface area contributed by atoms with Crippen LogP contribution >= 0.6 is 0 Å². The lowest BCUT2D eigenvalue weighted by Crippen LogP contribution is -2.27. The van der Waals surface area contributed by atoms with E-state index < -0.39 is 29.3 Å². The summed E-state index contributed by atoms with van der Waals surface area (Å²) in [6.45, 7) is 5.29. The summed E-state index contributed by atoms with van der Waals surface area (Å²) in [6.07, 6.45) is 1.07. The quantitative estimate of drug-likeness (QED) is 0.282. The van der Waals surface area contributed by atoms with E-state index in [2.05, 4.69) is 20.5 Å². The number of carbonyl (C=O) groups excluding carboxylic acids is 2. The molecule has 0 saturated heterocycles. The predicted octanol–water partition coefficient (Wildman–Crippen LogP) is 6.31. The molecule has 0 aliphatic carbocycles. The van der Waals surface area contributed by atoms with E-state index in [0.29, 0.717) is 33.7 Å². The number of benzene rings is 2. The molecule has 0 unspecified atom stereocenters. The summed E-state index contributed by atoms with van der Waals surface area (Å²) in [7, 11) is 0. The number of hydrogen-bond acceptors (Lipinski definition) is 6. The molecule has 5 aromatic rings. The van der Waals surface area contributed by atoms with Crippen molar-refractivity contribution in [2.24, 2.45) is 0 Å². The highest BCUT2D eigenvalue weighted by molar-refractivity contribution is 6.04. The predicted molar refractivity (Wildman–Crippen MR) is 141 cm³/mol. The third-order valence-electron chi connectivity index (χ3n) is 5.74. The molecule has 2 aromatic carbocycles. The van der Waals surface area contributed by atoms with Crippen LogP contribution in [0.5, 0.6) is 0 Å². The zero-order valence-electron chi connectivity index (χ0n) is 21.6. The Bertz CT molecular complexity index is 1730. The van der Waals surface area contributed by atoms with Gasteiger partial charge in [0.2, 0.25) is 0 Å². The number of alkyl halides is 3. The fourth-order valence-electron chi connectivity index (χ4n) is 3.98. The van der Waals surface area contributed by atoms with Crippen LogP contribution in [0.4, 0.5) is 23.7 Å². The normalized spacial score (nSPS) is 11.9. The average molecular weight is 549 g/mol. The molecule has 9 nitrogen and oxygen atoms in total. The van der Waals surface area contributed by atoms with E-state index in [4.69, 9.17) is 4.74 Å². The Labute approximate surface area is 226 Å². The van der Waals surface area contributed by atoms with Gasteiger partial charge in [0, 0.05) is 40.3 Å². The van der Waals surface area contributed by atoms with E-state index in [9.17, 15) is 22.8 Å². The van der Waals surface area contributed by atoms with Crippen molar-refractivity contribution in [3.05, 3.63) is 90.5 Å². The SMILES string of the molecule is CC(C)(C)OC(=O)n1cc(-c2cnn3c(-c4cccc(NC(=O)c5cccc(C(F)(F)F)c5)c4)ccnc23)cn1. The van der Waals surface area contributed by atoms with Gasteiger partial charge in [-0.05, 0) is 57.2 Å². The Morgan fingerprint density at radius 3 is 2.45 bits per heavy atom. The fraction of sp³-hybridized carbons (Fsp3) is 0.179. The van der Waals surface area contributed by atoms with Gasteiger partial charge >= 0.3 is 12.3 Å². The van der Waals surface area contributed by atoms with E-state index in [1.165, 1.54) is 24.5 Å². The minimum absolute atomic E-state index is 0.116. The van der Waals surface area contributed by atoms with Crippen LogP contribution in [0, 0.1) is 0 Å². The maximum Gasteiger partial charge on any atom is 0.435 e. The Kier molecular flexibility index (Phi) is 6.62. The minimum Gasteiger partial charge on any atom is -0.442 e. The molecule has 0 radical (unpaired) electrons. The molecule has 0 saturated carbocycles. The summed E-state index contributed by atoms with van der Waals surface area (Å²) in [6, 6.07) is 12.8. The Hall–Kier alpha value is -5.00. The second-order valence-electron chi connectivity index (χ2n) is 9.89. The number of hydrogen-bond donors (Lipinski definition) is 1. The van der Waals surface area contributed by atoms with Crippen molar-refractivity contribution < 1.29 is 27.5 Å². The van der Waals surface area contributed by atoms with Crippen molar-refractivity contribution in [3.63, 3.8) is 0 Å². The maximum absolute atomic E-state index is 13.1. The highest BCUT2D eigenvalue weighted by Gasteiger charge is 2.31. The number of carbonyl (C=O) groups is 2. The minimum atomic E-state index is -4.56. The Morgan fingerprint density at radius 1 is 0.925 bits per heavy atom. The molecule has 3 heterocycles. The van der Waals surface area contributed by atoms with E-state index >= 15 is 0 Å². The molecule has 0 aliphatic rings. The van der Waals surface area contributed by atoms with E-state index in [1.54, 1.807) is 68.0 Å². The molecule has 0 bridgehead atoms. The van der Waals surface area contributed by atoms with Crippen molar-refractivity contribution in [2.75, 3.05) is 5.32 Å². The fourth-order valence-corrected chi connectivity index (χ4v) is 3.98. The zero-order chi connectivity index (χ0) is 28.7. The highest BCUT2D eigenvalue weighted by Crippen LogP contribution is 2.31. The number of anilines is 1. The number of ether oxygens (including phenoxy) is 1. The molecule has 0 aliphatic heterocycles. The van der Waals surface area contributed by atoms with Crippen LogP contribution in [0.25, 0.3) is 28.0 Å². The van der Waals surface area contributed by atoms with Gasteiger partial charge in [-0.2, -0.15) is 28.1 Å². The van der Waals surface area contributed by atoms with Crippen LogP contribution < -0.4 is 5.32 Å². The van der Waals surface area contributed by atoms with Crippen molar-refractivity contribution in [3.8, 4) is 22.4 Å². The van der Waals surface area contributed by atoms with Gasteiger partial charge in [-0.25, -0.2) is 14.3 Å². The Balaban J connectivity index is 1.42. The molecule has 204 valence electrons. The van der Waals surface area contributed by atoms with Gasteiger partial charge in [-0.3, -0.25) is 4.79 Å². The van der Waals surface area contributed by atoms with Crippen molar-refractivity contribution in [1.82, 2.24) is 24.4 Å². The summed E-state index contributed by atoms with van der Waals surface area (Å²) >= 11 is 0. The van der Waals surface area contributed by atoms with Crippen LogP contribution in [0.15, 0.2) is 79.4 Å². The molecule has 0 fully saturated rings. The summed E-state index contributed by atoms with van der Waals surface area (Å²) < 4.78 is 47.2. The third-order valence-corrected chi connectivity index (χ3v) is 5.74. The van der Waals surface area contributed by atoms with Crippen molar-refractivity contribution in [1.29, 1.82) is 0 Å². The molecule has 0 spiro atoms. The van der Waals surface area contributed by atoms with Crippen LogP contribution in [0.1, 0.15) is 36.7 Å². The largest absolute Gasteiger partial charge is 0.442 e. The second-order valence-corrected chi connectivity index (χ2v) is 9.89. The highest BCUT2D eigenvalue weighted by atomic mass is 19.4. The van der Waals surface area contributed by atoms with Gasteiger partial charge in [-0.1, -0.05) is 18.2 Å². The summed E-state index contributed by atoms with van der Waals surface area (Å²) in [5.41, 5.74) is 1.74. The van der Waals surface area contributed by atoms with Gasteiger partial charge in [0.05, 0.1) is 23.7 Å². The van der Waals surface area contributed by atoms with Gasteiger partial charge in [0.1, 0.15) is 5.60 Å². The first-order chi connectivity index (χ1) is 18.9. The monoisotopic (exact) mass is 548 g/mol. The standard InChI is InChI=1S/C28H23F3N6O3/c1-27(2,3)40-26(39)36-16-19(14-33-36)22-15-34-37-23(10-11-32-24(22)37)17-6-5-9-21(13-17)35-25(38)18-7-4-8-20(12-18)28(29,30)31/h4-16H,1-3H3,(H,35,38). The smallest absolute Gasteiger partial charge is 0.435 e. The first-order valence-electron chi connectivity index (χ1n) is 12.1. The molecular weight excluding hydrogens is 525 g/mol. The number of nitrogens with zero attached hydrogens (tertiary/aromatic N) is 5. The van der Waals surface area contributed by atoms with Crippen LogP contribution in [0.3, 0.4) is 0 Å². The first kappa shape index (κ1) is 26.6. The van der Waals surface area contributed by atoms with E-state index in [-0.39, 0.29) is 5.56 Å².